The molecule has 1 aromatic carbocycles. The maximum absolute atomic E-state index is 13.4. The third-order valence-electron chi connectivity index (χ3n) is 7.25. The van der Waals surface area contributed by atoms with Crippen LogP contribution in [-0.4, -0.2) is 82.3 Å². The van der Waals surface area contributed by atoms with Crippen molar-refractivity contribution in [2.45, 2.75) is 51.0 Å². The van der Waals surface area contributed by atoms with E-state index in [2.05, 4.69) is 16.9 Å². The number of hydrogen-bond acceptors (Lipinski definition) is 8. The third kappa shape index (κ3) is 6.56. The Bertz CT molecular complexity index is 1040. The van der Waals surface area contributed by atoms with Crippen LogP contribution in [0.15, 0.2) is 36.7 Å². The van der Waals surface area contributed by atoms with Crippen LogP contribution in [0.5, 0.6) is 11.5 Å². The minimum absolute atomic E-state index is 0.0123. The molecule has 0 unspecified atom stereocenters. The first-order valence-corrected chi connectivity index (χ1v) is 13.1. The van der Waals surface area contributed by atoms with Gasteiger partial charge in [-0.15, -0.1) is 0 Å². The molecule has 1 amide bonds. The number of carbonyl (C=O) groups is 2. The zero-order valence-corrected chi connectivity index (χ0v) is 21.4. The fourth-order valence-electron chi connectivity index (χ4n) is 5.34. The molecular weight excluding hydrogens is 474 g/mol. The fourth-order valence-corrected chi connectivity index (χ4v) is 5.34. The molecule has 1 aromatic heterocycles. The molecule has 2 aliphatic heterocycles. The molecule has 0 spiro atoms. The number of likely N-dealkylation sites (tertiary alicyclic amines) is 1. The smallest absolute Gasteiger partial charge is 0.308 e. The van der Waals surface area contributed by atoms with Crippen LogP contribution in [0.2, 0.25) is 0 Å². The number of rotatable bonds is 13. The van der Waals surface area contributed by atoms with Crippen LogP contribution in [0, 0.1) is 5.92 Å². The number of ether oxygens (including phenoxy) is 2. The SMILES string of the molecule is CCCCN(CCCN)C(=O)CN1C[C@H](c2ccc3c(c2)OCO3)[C@@H](C(=O)O)[C@@H]1CCc1ncccn1. The summed E-state index contributed by atoms with van der Waals surface area (Å²) in [4.78, 5) is 38.6. The van der Waals surface area contributed by atoms with Crippen LogP contribution < -0.4 is 15.2 Å². The predicted octanol–water partition coefficient (Wildman–Crippen LogP) is 2.28. The van der Waals surface area contributed by atoms with Crippen LogP contribution in [-0.2, 0) is 16.0 Å². The zero-order valence-electron chi connectivity index (χ0n) is 21.4. The number of carboxylic acid groups (broad SMARTS) is 1. The Morgan fingerprint density at radius 3 is 2.65 bits per heavy atom. The number of amides is 1. The normalized spacial score (nSPS) is 20.8. The third-order valence-corrected chi connectivity index (χ3v) is 7.25. The van der Waals surface area contributed by atoms with E-state index < -0.39 is 11.9 Å². The molecule has 3 atom stereocenters. The van der Waals surface area contributed by atoms with Crippen molar-refractivity contribution in [2.24, 2.45) is 11.7 Å². The summed E-state index contributed by atoms with van der Waals surface area (Å²) in [6.07, 6.45) is 7.08. The molecular formula is C27H37N5O5. The molecule has 3 heterocycles. The predicted molar refractivity (Wildman–Crippen MR) is 137 cm³/mol. The molecule has 2 aliphatic rings. The highest BCUT2D eigenvalue weighted by molar-refractivity contribution is 5.79. The van der Waals surface area contributed by atoms with Crippen molar-refractivity contribution in [3.05, 3.63) is 48.0 Å². The molecule has 3 N–H and O–H groups in total. The molecule has 1 saturated heterocycles. The summed E-state index contributed by atoms with van der Waals surface area (Å²) >= 11 is 0. The number of aromatic nitrogens is 2. The molecule has 0 aliphatic carbocycles. The lowest BCUT2D eigenvalue weighted by molar-refractivity contribution is -0.143. The Kier molecular flexibility index (Phi) is 9.29. The number of hydrogen-bond donors (Lipinski definition) is 2. The van der Waals surface area contributed by atoms with E-state index in [0.717, 1.165) is 24.8 Å². The van der Waals surface area contributed by atoms with E-state index in [0.29, 0.717) is 56.3 Å². The first-order valence-electron chi connectivity index (χ1n) is 13.1. The quantitative estimate of drug-likeness (QED) is 0.416. The molecule has 2 aromatic rings. The monoisotopic (exact) mass is 511 g/mol. The molecule has 0 radical (unpaired) electrons. The lowest BCUT2D eigenvalue weighted by atomic mass is 9.83. The van der Waals surface area contributed by atoms with Crippen molar-refractivity contribution in [3.8, 4) is 11.5 Å². The van der Waals surface area contributed by atoms with Gasteiger partial charge in [-0.05, 0) is 49.6 Å². The van der Waals surface area contributed by atoms with Gasteiger partial charge in [0, 0.05) is 50.4 Å². The average Bonchev–Trinajstić information content (AvgIpc) is 3.52. The second-order valence-electron chi connectivity index (χ2n) is 9.66. The highest BCUT2D eigenvalue weighted by atomic mass is 16.7. The highest BCUT2D eigenvalue weighted by Crippen LogP contribution is 2.42. The first-order chi connectivity index (χ1) is 18.0. The Morgan fingerprint density at radius 2 is 1.92 bits per heavy atom. The number of aliphatic carboxylic acids is 1. The fraction of sp³-hybridized carbons (Fsp3) is 0.556. The van der Waals surface area contributed by atoms with Gasteiger partial charge in [-0.3, -0.25) is 14.5 Å². The average molecular weight is 512 g/mol. The minimum atomic E-state index is -0.873. The molecule has 0 bridgehead atoms. The number of carboxylic acids is 1. The van der Waals surface area contributed by atoms with E-state index in [1.165, 1.54) is 0 Å². The lowest BCUT2D eigenvalue weighted by Gasteiger charge is -2.29. The molecule has 0 saturated carbocycles. The van der Waals surface area contributed by atoms with E-state index in [1.807, 2.05) is 28.0 Å². The number of nitrogens with zero attached hydrogens (tertiary/aromatic N) is 4. The van der Waals surface area contributed by atoms with Crippen LogP contribution >= 0.6 is 0 Å². The van der Waals surface area contributed by atoms with E-state index in [-0.39, 0.29) is 31.2 Å². The van der Waals surface area contributed by atoms with Gasteiger partial charge >= 0.3 is 5.97 Å². The number of benzene rings is 1. The maximum atomic E-state index is 13.4. The topological polar surface area (TPSA) is 131 Å². The molecule has 1 fully saturated rings. The van der Waals surface area contributed by atoms with Crippen molar-refractivity contribution in [1.82, 2.24) is 19.8 Å². The molecule has 10 heteroatoms. The molecule has 10 nitrogen and oxygen atoms in total. The molecule has 37 heavy (non-hydrogen) atoms. The standard InChI is InChI=1S/C27H37N5O5/c1-2-3-13-31(14-4-10-28)25(33)17-32-16-20(19-6-8-22-23(15-19)37-18-36-22)26(27(34)35)21(32)7-9-24-29-11-5-12-30-24/h5-6,8,11-12,15,20-21,26H,2-4,7,9-10,13-14,16-18,28H2,1H3,(H,34,35)/t20-,21+,26-/m1/s1. The summed E-state index contributed by atoms with van der Waals surface area (Å²) in [5.41, 5.74) is 6.59. The van der Waals surface area contributed by atoms with Crippen LogP contribution in [0.1, 0.15) is 49.9 Å². The van der Waals surface area contributed by atoms with Gasteiger partial charge in [0.05, 0.1) is 12.5 Å². The Morgan fingerprint density at radius 1 is 1.16 bits per heavy atom. The summed E-state index contributed by atoms with van der Waals surface area (Å²) in [7, 11) is 0. The number of unbranched alkanes of at least 4 members (excludes halogenated alkanes) is 1. The summed E-state index contributed by atoms with van der Waals surface area (Å²) in [6.45, 7) is 4.69. The van der Waals surface area contributed by atoms with Gasteiger partial charge in [-0.2, -0.15) is 0 Å². The summed E-state index contributed by atoms with van der Waals surface area (Å²) < 4.78 is 11.0. The molecule has 200 valence electrons. The van der Waals surface area contributed by atoms with E-state index in [4.69, 9.17) is 15.2 Å². The lowest BCUT2D eigenvalue weighted by Crippen LogP contribution is -2.45. The van der Waals surface area contributed by atoms with Crippen molar-refractivity contribution < 1.29 is 24.2 Å². The number of carbonyl (C=O) groups excluding carboxylic acids is 1. The zero-order chi connectivity index (χ0) is 26.2. The second-order valence-corrected chi connectivity index (χ2v) is 9.66. The summed E-state index contributed by atoms with van der Waals surface area (Å²) in [5, 5.41) is 10.4. The number of nitrogens with two attached hydrogens (primary N) is 1. The van der Waals surface area contributed by atoms with Gasteiger partial charge in [-0.1, -0.05) is 19.4 Å². The maximum Gasteiger partial charge on any atom is 0.308 e. The summed E-state index contributed by atoms with van der Waals surface area (Å²) in [5.74, 6) is 0.0975. The first kappa shape index (κ1) is 26.8. The minimum Gasteiger partial charge on any atom is -0.481 e. The van der Waals surface area contributed by atoms with E-state index in [9.17, 15) is 14.7 Å². The second kappa shape index (κ2) is 12.8. The van der Waals surface area contributed by atoms with Gasteiger partial charge in [0.15, 0.2) is 11.5 Å². The van der Waals surface area contributed by atoms with Gasteiger partial charge in [0.2, 0.25) is 12.7 Å². The Balaban J connectivity index is 1.59. The Labute approximate surface area is 217 Å². The number of aryl methyl sites for hydroxylation is 1. The van der Waals surface area contributed by atoms with Crippen molar-refractivity contribution in [1.29, 1.82) is 0 Å². The van der Waals surface area contributed by atoms with Crippen molar-refractivity contribution in [2.75, 3.05) is 39.5 Å². The van der Waals surface area contributed by atoms with Gasteiger partial charge in [0.25, 0.3) is 0 Å². The Hall–Kier alpha value is -3.24. The number of fused-ring (bicyclic) bond motifs is 1. The van der Waals surface area contributed by atoms with Crippen LogP contribution in [0.4, 0.5) is 0 Å². The van der Waals surface area contributed by atoms with E-state index >= 15 is 0 Å². The highest BCUT2D eigenvalue weighted by Gasteiger charge is 2.47. The van der Waals surface area contributed by atoms with Gasteiger partial charge in [-0.25, -0.2) is 9.97 Å². The van der Waals surface area contributed by atoms with Crippen LogP contribution in [0.3, 0.4) is 0 Å². The largest absolute Gasteiger partial charge is 0.481 e. The van der Waals surface area contributed by atoms with Crippen molar-refractivity contribution in [3.63, 3.8) is 0 Å². The van der Waals surface area contributed by atoms with Gasteiger partial charge in [0.1, 0.15) is 5.82 Å². The molecule has 4 rings (SSSR count). The van der Waals surface area contributed by atoms with Crippen LogP contribution in [0.25, 0.3) is 0 Å². The van der Waals surface area contributed by atoms with Gasteiger partial charge < -0.3 is 25.2 Å². The summed E-state index contributed by atoms with van der Waals surface area (Å²) in [6, 6.07) is 7.03. The van der Waals surface area contributed by atoms with E-state index in [1.54, 1.807) is 18.5 Å². The van der Waals surface area contributed by atoms with Crippen molar-refractivity contribution >= 4 is 11.9 Å².